The van der Waals surface area contributed by atoms with Crippen LogP contribution in [-0.2, 0) is 9.53 Å². The molecule has 0 aromatic heterocycles. The van der Waals surface area contributed by atoms with E-state index in [1.807, 2.05) is 0 Å². The SMILES string of the molecule is COC(=O)C(C)(C)CNC(=O)N[C@@H]1CCOc2ccc(F)cc21. The molecule has 1 aliphatic heterocycles. The molecule has 1 aliphatic rings. The number of hydrogen-bond donors (Lipinski definition) is 2. The molecular weight excluding hydrogens is 303 g/mol. The number of hydrogen-bond acceptors (Lipinski definition) is 4. The molecule has 1 aromatic carbocycles. The average Bonchev–Trinajstić information content (AvgIpc) is 2.52. The Morgan fingerprint density at radius 2 is 2.17 bits per heavy atom. The lowest BCUT2D eigenvalue weighted by Gasteiger charge is -2.27. The summed E-state index contributed by atoms with van der Waals surface area (Å²) in [7, 11) is 1.30. The molecule has 2 rings (SSSR count). The van der Waals surface area contributed by atoms with Crippen molar-refractivity contribution >= 4 is 12.0 Å². The van der Waals surface area contributed by atoms with Crippen molar-refractivity contribution in [3.8, 4) is 5.75 Å². The van der Waals surface area contributed by atoms with Gasteiger partial charge in [-0.25, -0.2) is 9.18 Å². The van der Waals surface area contributed by atoms with Gasteiger partial charge >= 0.3 is 12.0 Å². The van der Waals surface area contributed by atoms with E-state index in [1.54, 1.807) is 19.9 Å². The van der Waals surface area contributed by atoms with Gasteiger partial charge in [0.05, 0.1) is 25.2 Å². The van der Waals surface area contributed by atoms with Crippen molar-refractivity contribution in [3.05, 3.63) is 29.6 Å². The molecule has 2 amide bonds. The third-order valence-electron chi connectivity index (χ3n) is 3.75. The van der Waals surface area contributed by atoms with E-state index in [2.05, 4.69) is 15.4 Å². The number of carbonyl (C=O) groups excluding carboxylic acids is 2. The monoisotopic (exact) mass is 324 g/mol. The molecule has 1 aromatic rings. The Balaban J connectivity index is 1.97. The van der Waals surface area contributed by atoms with Crippen molar-refractivity contribution in [2.45, 2.75) is 26.3 Å². The highest BCUT2D eigenvalue weighted by Crippen LogP contribution is 2.32. The maximum absolute atomic E-state index is 13.4. The van der Waals surface area contributed by atoms with Crippen molar-refractivity contribution in [2.24, 2.45) is 5.41 Å². The van der Waals surface area contributed by atoms with E-state index in [0.717, 1.165) is 0 Å². The van der Waals surface area contributed by atoms with Gasteiger partial charge in [0.2, 0.25) is 0 Å². The lowest BCUT2D eigenvalue weighted by Crippen LogP contribution is -2.45. The standard InChI is InChI=1S/C16H21FN2O4/c1-16(2,14(20)22-3)9-18-15(21)19-12-6-7-23-13-5-4-10(17)8-11(12)13/h4-5,8,12H,6-7,9H2,1-3H3,(H2,18,19,21)/t12-/m1/s1. The first-order valence-electron chi connectivity index (χ1n) is 7.38. The first-order chi connectivity index (χ1) is 10.8. The van der Waals surface area contributed by atoms with Crippen LogP contribution in [0.25, 0.3) is 0 Å². The molecular formula is C16H21FN2O4. The van der Waals surface area contributed by atoms with Gasteiger partial charge in [0.15, 0.2) is 0 Å². The number of esters is 1. The summed E-state index contributed by atoms with van der Waals surface area (Å²) in [4.78, 5) is 23.6. The highest BCUT2D eigenvalue weighted by molar-refractivity contribution is 5.79. The Labute approximate surface area is 134 Å². The normalized spacial score (nSPS) is 16.8. The third kappa shape index (κ3) is 4.12. The Kier molecular flexibility index (Phi) is 5.08. The number of halogens is 1. The zero-order valence-corrected chi connectivity index (χ0v) is 13.4. The van der Waals surface area contributed by atoms with Gasteiger partial charge in [-0.1, -0.05) is 0 Å². The number of urea groups is 1. The maximum Gasteiger partial charge on any atom is 0.315 e. The van der Waals surface area contributed by atoms with Crippen LogP contribution >= 0.6 is 0 Å². The van der Waals surface area contributed by atoms with E-state index in [4.69, 9.17) is 4.74 Å². The Morgan fingerprint density at radius 1 is 1.43 bits per heavy atom. The Bertz CT molecular complexity index is 604. The van der Waals surface area contributed by atoms with E-state index in [9.17, 15) is 14.0 Å². The minimum atomic E-state index is -0.828. The minimum absolute atomic E-state index is 0.130. The maximum atomic E-state index is 13.4. The molecule has 126 valence electrons. The summed E-state index contributed by atoms with van der Waals surface area (Å²) in [5.74, 6) is -0.220. The summed E-state index contributed by atoms with van der Waals surface area (Å²) in [6, 6.07) is 3.47. The quantitative estimate of drug-likeness (QED) is 0.832. The van der Waals surface area contributed by atoms with Crippen LogP contribution in [-0.4, -0.2) is 32.3 Å². The molecule has 0 saturated carbocycles. The summed E-state index contributed by atoms with van der Waals surface area (Å²) in [6.07, 6.45) is 0.546. The van der Waals surface area contributed by atoms with Crippen LogP contribution in [0.2, 0.25) is 0 Å². The molecule has 23 heavy (non-hydrogen) atoms. The fraction of sp³-hybridized carbons (Fsp3) is 0.500. The van der Waals surface area contributed by atoms with Crippen LogP contribution in [0.3, 0.4) is 0 Å². The number of amides is 2. The summed E-state index contributed by atoms with van der Waals surface area (Å²) >= 11 is 0. The van der Waals surface area contributed by atoms with E-state index < -0.39 is 17.4 Å². The molecule has 0 bridgehead atoms. The van der Waals surface area contributed by atoms with Crippen molar-refractivity contribution in [1.82, 2.24) is 10.6 Å². The van der Waals surface area contributed by atoms with E-state index in [-0.39, 0.29) is 18.4 Å². The van der Waals surface area contributed by atoms with Gasteiger partial charge in [-0.3, -0.25) is 4.79 Å². The molecule has 0 unspecified atom stereocenters. The lowest BCUT2D eigenvalue weighted by atomic mass is 9.94. The zero-order chi connectivity index (χ0) is 17.0. The van der Waals surface area contributed by atoms with E-state index >= 15 is 0 Å². The summed E-state index contributed by atoms with van der Waals surface area (Å²) in [5, 5.41) is 5.43. The van der Waals surface area contributed by atoms with Crippen molar-refractivity contribution in [1.29, 1.82) is 0 Å². The molecule has 0 spiro atoms. The number of nitrogens with one attached hydrogen (secondary N) is 2. The second kappa shape index (κ2) is 6.85. The first-order valence-corrected chi connectivity index (χ1v) is 7.38. The molecule has 2 N–H and O–H groups in total. The highest BCUT2D eigenvalue weighted by Gasteiger charge is 2.30. The predicted molar refractivity (Wildman–Crippen MR) is 81.6 cm³/mol. The van der Waals surface area contributed by atoms with Gasteiger partial charge < -0.3 is 20.1 Å². The number of rotatable bonds is 4. The highest BCUT2D eigenvalue weighted by atomic mass is 19.1. The number of carbonyl (C=O) groups is 2. The van der Waals surface area contributed by atoms with Gasteiger partial charge in [-0.05, 0) is 32.0 Å². The van der Waals surface area contributed by atoms with Gasteiger partial charge in [0.1, 0.15) is 11.6 Å². The summed E-state index contributed by atoms with van der Waals surface area (Å²) in [6.45, 7) is 3.93. The van der Waals surface area contributed by atoms with Gasteiger partial charge in [0, 0.05) is 18.5 Å². The fourth-order valence-electron chi connectivity index (χ4n) is 2.37. The van der Waals surface area contributed by atoms with Gasteiger partial charge in [-0.2, -0.15) is 0 Å². The minimum Gasteiger partial charge on any atom is -0.493 e. The van der Waals surface area contributed by atoms with Crippen LogP contribution in [0.15, 0.2) is 18.2 Å². The second-order valence-corrected chi connectivity index (χ2v) is 6.07. The van der Waals surface area contributed by atoms with Gasteiger partial charge in [0.25, 0.3) is 0 Å². The largest absolute Gasteiger partial charge is 0.493 e. The zero-order valence-electron chi connectivity index (χ0n) is 13.4. The van der Waals surface area contributed by atoms with E-state index in [0.29, 0.717) is 24.3 Å². The fourth-order valence-corrected chi connectivity index (χ4v) is 2.37. The molecule has 1 heterocycles. The smallest absolute Gasteiger partial charge is 0.315 e. The van der Waals surface area contributed by atoms with Gasteiger partial charge in [-0.15, -0.1) is 0 Å². The van der Waals surface area contributed by atoms with Crippen LogP contribution < -0.4 is 15.4 Å². The molecule has 0 saturated heterocycles. The summed E-state index contributed by atoms with van der Waals surface area (Å²) < 4.78 is 23.5. The number of benzene rings is 1. The Hall–Kier alpha value is -2.31. The van der Waals surface area contributed by atoms with Crippen LogP contribution in [0, 0.1) is 11.2 Å². The van der Waals surface area contributed by atoms with Crippen molar-refractivity contribution < 1.29 is 23.5 Å². The predicted octanol–water partition coefficient (Wildman–Crippen LogP) is 2.15. The molecule has 0 aliphatic carbocycles. The molecule has 0 radical (unpaired) electrons. The number of fused-ring (bicyclic) bond motifs is 1. The van der Waals surface area contributed by atoms with E-state index in [1.165, 1.54) is 19.2 Å². The number of methoxy groups -OCH3 is 1. The lowest BCUT2D eigenvalue weighted by molar-refractivity contribution is -0.150. The molecule has 1 atom stereocenters. The Morgan fingerprint density at radius 3 is 2.87 bits per heavy atom. The summed E-state index contributed by atoms with van der Waals surface area (Å²) in [5.41, 5.74) is -0.218. The number of ether oxygens (including phenoxy) is 2. The van der Waals surface area contributed by atoms with Crippen LogP contribution in [0.4, 0.5) is 9.18 Å². The van der Waals surface area contributed by atoms with Crippen LogP contribution in [0.1, 0.15) is 31.9 Å². The molecule has 7 heteroatoms. The average molecular weight is 324 g/mol. The molecule has 0 fully saturated rings. The molecule has 6 nitrogen and oxygen atoms in total. The third-order valence-corrected chi connectivity index (χ3v) is 3.75. The first kappa shape index (κ1) is 17.1. The topological polar surface area (TPSA) is 76.7 Å². The van der Waals surface area contributed by atoms with Crippen molar-refractivity contribution in [3.63, 3.8) is 0 Å². The second-order valence-electron chi connectivity index (χ2n) is 6.07. The van der Waals surface area contributed by atoms with Crippen LogP contribution in [0.5, 0.6) is 5.75 Å². The van der Waals surface area contributed by atoms with Crippen molar-refractivity contribution in [2.75, 3.05) is 20.3 Å².